The zero-order chi connectivity index (χ0) is 22.2. The maximum absolute atomic E-state index is 2.61. The minimum absolute atomic E-state index is 0. The predicted octanol–water partition coefficient (Wildman–Crippen LogP) is 7.46. The Balaban J connectivity index is -0.000000411. The van der Waals surface area contributed by atoms with Gasteiger partial charge in [0, 0.05) is 77.3 Å². The van der Waals surface area contributed by atoms with Gasteiger partial charge in [0.1, 0.15) is 0 Å². The van der Waals surface area contributed by atoms with Gasteiger partial charge in [-0.05, 0) is 0 Å². The summed E-state index contributed by atoms with van der Waals surface area (Å²) in [5, 5.41) is 0. The number of rotatable bonds is 6. The molecule has 0 aromatic carbocycles. The molecule has 2 radical (unpaired) electrons. The topological polar surface area (TPSA) is 0 Å². The Hall–Kier alpha value is 2.25. The summed E-state index contributed by atoms with van der Waals surface area (Å²) in [6, 6.07) is 0. The quantitative estimate of drug-likeness (QED) is 0.301. The molecule has 0 amide bonds. The second-order valence-corrected chi connectivity index (χ2v) is 87.8. The zero-order valence-electron chi connectivity index (χ0n) is 22.4. The van der Waals surface area contributed by atoms with Crippen molar-refractivity contribution in [3.63, 3.8) is 0 Å². The summed E-state index contributed by atoms with van der Waals surface area (Å²) in [7, 11) is -4.94. The number of hydrogen-bond donors (Lipinski definition) is 0. The molecule has 0 fully saturated rings. The normalized spacial score (nSPS) is 14.7. The van der Waals surface area contributed by atoms with Crippen LogP contribution >= 0.6 is 0 Å². The molecule has 0 N–H and O–H groups in total. The minimum Gasteiger partial charge on any atom is -0.0721 e. The monoisotopic (exact) mass is 550 g/mol. The van der Waals surface area contributed by atoms with Crippen LogP contribution in [0.1, 0.15) is 0 Å². The third-order valence-corrected chi connectivity index (χ3v) is 122. The molecule has 0 aliphatic carbocycles. The van der Waals surface area contributed by atoms with Gasteiger partial charge in [0.05, 0.1) is 0 Å². The predicted molar refractivity (Wildman–Crippen MR) is 152 cm³/mol. The van der Waals surface area contributed by atoms with Gasteiger partial charge in [-0.1, -0.05) is 118 Å². The van der Waals surface area contributed by atoms with Crippen molar-refractivity contribution in [2.24, 2.45) is 0 Å². The van der Waals surface area contributed by atoms with Gasteiger partial charge in [-0.2, -0.15) is 0 Å². The first-order valence-electron chi connectivity index (χ1n) is 10.5. The van der Waals surface area contributed by atoms with E-state index in [4.69, 9.17) is 0 Å². The second-order valence-electron chi connectivity index (χ2n) is 14.2. The van der Waals surface area contributed by atoms with Gasteiger partial charge in [-0.25, -0.2) is 0 Å². The van der Waals surface area contributed by atoms with Crippen LogP contribution in [0.5, 0.6) is 0 Å². The fourth-order valence-electron chi connectivity index (χ4n) is 6.75. The van der Waals surface area contributed by atoms with E-state index in [1.165, 1.54) is 0 Å². The summed E-state index contributed by atoms with van der Waals surface area (Å²) in [5.74, 6) is 0. The van der Waals surface area contributed by atoms with Crippen LogP contribution in [0.25, 0.3) is 0 Å². The van der Waals surface area contributed by atoms with Crippen LogP contribution in [0.2, 0.25) is 118 Å². The SMILES string of the molecule is C[Si](C)(C)[Si]([Si](C)(C)C)[Si](C)(C)C.C[Si](C)(C)[Si]([Si](C)(C)C)[Si](C)(C)C.[Fe]. The van der Waals surface area contributed by atoms with Crippen molar-refractivity contribution in [2.45, 2.75) is 118 Å². The molecular weight excluding hydrogens is 497 g/mol. The molecule has 0 bridgehead atoms. The van der Waals surface area contributed by atoms with Crippen LogP contribution in [0, 0.1) is 0 Å². The molecule has 27 heavy (non-hydrogen) atoms. The van der Waals surface area contributed by atoms with Crippen LogP contribution in [-0.2, 0) is 17.1 Å². The molecule has 0 aliphatic rings. The molecule has 0 rings (SSSR count). The second kappa shape index (κ2) is 10.7. The van der Waals surface area contributed by atoms with Crippen LogP contribution in [0.4, 0.5) is 0 Å². The van der Waals surface area contributed by atoms with Gasteiger partial charge in [0.2, 0.25) is 0 Å². The minimum atomic E-state index is -0.832. The summed E-state index contributed by atoms with van der Waals surface area (Å²) in [6.45, 7) is 47.0. The number of hydrogen-bond acceptors (Lipinski definition) is 0. The average Bonchev–Trinajstić information content (AvgIpc) is 1.97. The van der Waals surface area contributed by atoms with Gasteiger partial charge in [-0.15, -0.1) is 0 Å². The van der Waals surface area contributed by atoms with Crippen molar-refractivity contribution in [2.75, 3.05) is 0 Å². The van der Waals surface area contributed by atoms with Crippen molar-refractivity contribution < 1.29 is 17.1 Å². The van der Waals surface area contributed by atoms with E-state index in [2.05, 4.69) is 118 Å². The van der Waals surface area contributed by atoms with Crippen molar-refractivity contribution in [1.29, 1.82) is 0 Å². The van der Waals surface area contributed by atoms with E-state index in [9.17, 15) is 0 Å². The largest absolute Gasteiger partial charge is 0.0721 e. The Labute approximate surface area is 194 Å². The summed E-state index contributed by atoms with van der Waals surface area (Å²) in [4.78, 5) is 0. The first-order chi connectivity index (χ1) is 10.7. The molecule has 0 saturated carbocycles. The smallest absolute Gasteiger partial charge is 0.0306 e. The van der Waals surface area contributed by atoms with Crippen molar-refractivity contribution in [1.82, 2.24) is 0 Å². The molecule has 0 heterocycles. The van der Waals surface area contributed by atoms with Crippen LogP contribution < -0.4 is 0 Å². The molecule has 166 valence electrons. The average molecular weight is 551 g/mol. The van der Waals surface area contributed by atoms with E-state index in [1.807, 2.05) is 0 Å². The molecule has 0 aliphatic heterocycles. The zero-order valence-corrected chi connectivity index (χ0v) is 31.5. The van der Waals surface area contributed by atoms with Crippen molar-refractivity contribution in [3.05, 3.63) is 0 Å². The molecule has 0 aromatic rings. The molecular formula is C18H54FeSi8. The van der Waals surface area contributed by atoms with E-state index in [1.54, 1.807) is 0 Å². The van der Waals surface area contributed by atoms with E-state index < -0.39 is 45.5 Å². The Morgan fingerprint density at radius 1 is 0.259 bits per heavy atom. The fraction of sp³-hybridized carbons (Fsp3) is 1.00. The molecule has 0 unspecified atom stereocenters. The summed E-state index contributed by atoms with van der Waals surface area (Å²) >= 11 is 0. The maximum atomic E-state index is 2.61. The Morgan fingerprint density at radius 3 is 0.333 bits per heavy atom. The summed E-state index contributed by atoms with van der Waals surface area (Å²) in [6.07, 6.45) is 0. The first kappa shape index (κ1) is 33.9. The molecule has 0 saturated heterocycles. The van der Waals surface area contributed by atoms with Gasteiger partial charge < -0.3 is 0 Å². The van der Waals surface area contributed by atoms with Gasteiger partial charge >= 0.3 is 0 Å². The van der Waals surface area contributed by atoms with Crippen LogP contribution in [0.15, 0.2) is 0 Å². The van der Waals surface area contributed by atoms with Gasteiger partial charge in [0.15, 0.2) is 0 Å². The maximum Gasteiger partial charge on any atom is 0.0306 e. The Morgan fingerprint density at radius 2 is 0.333 bits per heavy atom. The standard InChI is InChI=1S/2C9H27Si4.Fe/c2*1-11(2,3)10(12(4,5)6)13(7,8)9;/h2*1-9H3;. The van der Waals surface area contributed by atoms with Crippen molar-refractivity contribution in [3.8, 4) is 0 Å². The van der Waals surface area contributed by atoms with Gasteiger partial charge in [0.25, 0.3) is 0 Å². The molecule has 0 nitrogen and oxygen atoms in total. The molecule has 0 aromatic heterocycles. The first-order valence-corrected chi connectivity index (χ1v) is 40.5. The Bertz CT molecular complexity index is 317. The molecule has 0 atom stereocenters. The fourth-order valence-corrected chi connectivity index (χ4v) is 182. The summed E-state index contributed by atoms with van der Waals surface area (Å²) < 4.78 is 0. The summed E-state index contributed by atoms with van der Waals surface area (Å²) in [5.41, 5.74) is 0. The Kier molecular flexibility index (Phi) is 13.4. The van der Waals surface area contributed by atoms with Crippen molar-refractivity contribution >= 4 is 60.2 Å². The van der Waals surface area contributed by atoms with E-state index in [0.29, 0.717) is 0 Å². The van der Waals surface area contributed by atoms with Crippen LogP contribution in [-0.4, -0.2) is 60.2 Å². The van der Waals surface area contributed by atoms with E-state index in [0.717, 1.165) is 0 Å². The third-order valence-electron chi connectivity index (χ3n) is 4.50. The third kappa shape index (κ3) is 13.3. The van der Waals surface area contributed by atoms with E-state index >= 15 is 0 Å². The van der Waals surface area contributed by atoms with Gasteiger partial charge in [-0.3, -0.25) is 0 Å². The molecule has 0 spiro atoms. The van der Waals surface area contributed by atoms with E-state index in [-0.39, 0.29) is 31.8 Å². The van der Waals surface area contributed by atoms with Crippen LogP contribution in [0.3, 0.4) is 0 Å². The molecule has 9 heteroatoms.